The molecule has 4 unspecified atom stereocenters. The fraction of sp³-hybridized carbons (Fsp3) is 0.194. The summed E-state index contributed by atoms with van der Waals surface area (Å²) in [6.45, 7) is 12.4. The van der Waals surface area contributed by atoms with E-state index in [9.17, 15) is 0 Å². The highest BCUT2D eigenvalue weighted by Crippen LogP contribution is 2.55. The van der Waals surface area contributed by atoms with Crippen molar-refractivity contribution in [2.24, 2.45) is 5.92 Å². The lowest BCUT2D eigenvalue weighted by Crippen LogP contribution is -2.64. The van der Waals surface area contributed by atoms with Crippen LogP contribution in [0.25, 0.3) is 45.2 Å². The van der Waals surface area contributed by atoms with E-state index in [0.717, 1.165) is 12.8 Å². The van der Waals surface area contributed by atoms with Crippen LogP contribution in [0.3, 0.4) is 0 Å². The monoisotopic (exact) mass is 856 g/mol. The molecule has 0 aromatic heterocycles. The van der Waals surface area contributed by atoms with Gasteiger partial charge in [-0.3, -0.25) is 0 Å². The second kappa shape index (κ2) is 14.9. The van der Waals surface area contributed by atoms with E-state index < -0.39 is 8.07 Å². The van der Waals surface area contributed by atoms with Crippen molar-refractivity contribution in [2.75, 3.05) is 9.80 Å². The van der Waals surface area contributed by atoms with Gasteiger partial charge in [0.2, 0.25) is 0 Å². The van der Waals surface area contributed by atoms with Gasteiger partial charge in [0.25, 0.3) is 0 Å². The van der Waals surface area contributed by atoms with Crippen molar-refractivity contribution < 1.29 is 0 Å². The molecule has 0 fully saturated rings. The third kappa shape index (κ3) is 6.19. The van der Waals surface area contributed by atoms with Gasteiger partial charge >= 0.3 is 0 Å². The molecule has 5 aliphatic rings. The molecule has 0 radical (unpaired) electrons. The largest absolute Gasteiger partial charge is 0.333 e. The van der Waals surface area contributed by atoms with E-state index in [1.165, 1.54) is 83.6 Å². The highest BCUT2D eigenvalue weighted by molar-refractivity contribution is 6.93. The highest BCUT2D eigenvalue weighted by Gasteiger charge is 2.53. The number of hydrogen-bond acceptors (Lipinski definition) is 2. The van der Waals surface area contributed by atoms with Gasteiger partial charge in [-0.05, 0) is 111 Å². The van der Waals surface area contributed by atoms with Gasteiger partial charge in [0.1, 0.15) is 0 Å². The van der Waals surface area contributed by atoms with Crippen molar-refractivity contribution >= 4 is 58.9 Å². The minimum Gasteiger partial charge on any atom is -0.333 e. The van der Waals surface area contributed by atoms with E-state index in [4.69, 9.17) is 0 Å². The summed E-state index contributed by atoms with van der Waals surface area (Å²) >= 11 is 0. The third-order valence-corrected chi connectivity index (χ3v) is 20.0. The van der Waals surface area contributed by atoms with Crippen LogP contribution >= 0.6 is 0 Å². The van der Waals surface area contributed by atoms with Gasteiger partial charge < -0.3 is 9.80 Å². The van der Waals surface area contributed by atoms with Crippen LogP contribution in [-0.2, 0) is 11.8 Å². The summed E-state index contributed by atoms with van der Waals surface area (Å²) < 4.78 is 0. The molecular formula is C62H56N2Si. The summed E-state index contributed by atoms with van der Waals surface area (Å²) in [7, 11) is -1.80. The van der Waals surface area contributed by atoms with Crippen LogP contribution in [0, 0.1) is 5.92 Å². The quantitative estimate of drug-likeness (QED) is 0.126. The number of aryl methyl sites for hydroxylation is 1. The lowest BCUT2D eigenvalue weighted by atomic mass is 9.81. The van der Waals surface area contributed by atoms with Crippen molar-refractivity contribution in [3.8, 4) is 22.3 Å². The number of rotatable bonds is 5. The molecule has 3 heteroatoms. The first-order valence-corrected chi connectivity index (χ1v) is 26.8. The molecule has 2 heterocycles. The maximum atomic E-state index is 2.65. The predicted molar refractivity (Wildman–Crippen MR) is 281 cm³/mol. The molecule has 12 rings (SSSR count). The SMILES string of the molecule is CC1(C)c2cc(C=Cc3ccc(-c4ccc(N5c6ccccc6CCC6C=CC=CC65)c5ccccc45)cc3)ccc2-c2ccc(N3c4ccccc4[Si](C)(C)C4C=CC=CC43C)cc21. The molecule has 318 valence electrons. The van der Waals surface area contributed by atoms with Crippen LogP contribution in [0.5, 0.6) is 0 Å². The van der Waals surface area contributed by atoms with E-state index >= 15 is 0 Å². The Morgan fingerprint density at radius 3 is 2.08 bits per heavy atom. The summed E-state index contributed by atoms with van der Waals surface area (Å²) in [5.74, 6) is 0.474. The van der Waals surface area contributed by atoms with E-state index in [1.807, 2.05) is 0 Å². The Morgan fingerprint density at radius 1 is 0.569 bits per heavy atom. The topological polar surface area (TPSA) is 6.48 Å². The average molecular weight is 857 g/mol. The van der Waals surface area contributed by atoms with Crippen LogP contribution in [0.4, 0.5) is 22.7 Å². The van der Waals surface area contributed by atoms with Gasteiger partial charge in [0.05, 0.1) is 19.7 Å². The zero-order valence-electron chi connectivity index (χ0n) is 38.2. The number of benzene rings is 7. The second-order valence-corrected chi connectivity index (χ2v) is 24.9. The Kier molecular flexibility index (Phi) is 9.16. The van der Waals surface area contributed by atoms with Crippen molar-refractivity contribution in [2.45, 2.75) is 69.2 Å². The molecule has 7 aromatic carbocycles. The standard InChI is InChI=1S/C62H56N2Si/c1-61(2)53-40-43(29-35-50(53)51-36-34-47(41-54(51)61)64-58-22-12-13-23-59(58)65(4,5)60-24-14-15-39-62(60,64)3)26-25-42-27-30-44(31-28-42)48-37-38-57(52-19-9-8-18-49(48)52)63-55-20-10-6-16-45(55)32-33-46-17-7-11-21-56(46)63/h6-31,34-41,45,55,60H,32-33H2,1-5H3. The number of fused-ring (bicyclic) bond motifs is 8. The van der Waals surface area contributed by atoms with Gasteiger partial charge in [-0.25, -0.2) is 0 Å². The van der Waals surface area contributed by atoms with E-state index in [2.05, 4.69) is 250 Å². The summed E-state index contributed by atoms with van der Waals surface area (Å²) in [5.41, 5.74) is 17.3. The number of allylic oxidation sites excluding steroid dienone is 4. The first-order valence-electron chi connectivity index (χ1n) is 23.7. The molecule has 0 saturated carbocycles. The minimum atomic E-state index is -1.80. The zero-order chi connectivity index (χ0) is 44.1. The smallest absolute Gasteiger partial charge is 0.0930 e. The van der Waals surface area contributed by atoms with Crippen molar-refractivity contribution in [3.63, 3.8) is 0 Å². The van der Waals surface area contributed by atoms with Crippen LogP contribution in [0.15, 0.2) is 194 Å². The Bertz CT molecular complexity index is 3210. The van der Waals surface area contributed by atoms with Crippen molar-refractivity contribution in [3.05, 3.63) is 222 Å². The molecule has 0 bridgehead atoms. The van der Waals surface area contributed by atoms with Gasteiger partial charge in [-0.15, -0.1) is 0 Å². The van der Waals surface area contributed by atoms with Crippen LogP contribution in [0.1, 0.15) is 55.0 Å². The summed E-state index contributed by atoms with van der Waals surface area (Å²) in [6.07, 6.45) is 25.5. The summed E-state index contributed by atoms with van der Waals surface area (Å²) in [5, 5.41) is 4.11. The summed E-state index contributed by atoms with van der Waals surface area (Å²) in [6, 6.07) is 55.6. The molecule has 4 atom stereocenters. The molecule has 0 amide bonds. The van der Waals surface area contributed by atoms with Crippen LogP contribution in [0.2, 0.25) is 18.6 Å². The lowest BCUT2D eigenvalue weighted by molar-refractivity contribution is 0.535. The number of hydrogen-bond donors (Lipinski definition) is 0. The number of anilines is 4. The maximum Gasteiger partial charge on any atom is 0.0930 e. The lowest BCUT2D eigenvalue weighted by Gasteiger charge is -2.56. The molecule has 2 aliphatic heterocycles. The minimum absolute atomic E-state index is 0.133. The van der Waals surface area contributed by atoms with Gasteiger partial charge in [0.15, 0.2) is 0 Å². The average Bonchev–Trinajstić information content (AvgIpc) is 3.43. The Balaban J connectivity index is 0.831. The first-order chi connectivity index (χ1) is 31.6. The van der Waals surface area contributed by atoms with E-state index in [-0.39, 0.29) is 17.0 Å². The van der Waals surface area contributed by atoms with Gasteiger partial charge in [0, 0.05) is 45.0 Å². The van der Waals surface area contributed by atoms with Gasteiger partial charge in [-0.1, -0.05) is 203 Å². The van der Waals surface area contributed by atoms with E-state index in [1.54, 1.807) is 5.19 Å². The van der Waals surface area contributed by atoms with Crippen LogP contribution < -0.4 is 15.0 Å². The normalized spacial score (nSPS) is 22.8. The third-order valence-electron chi connectivity index (χ3n) is 15.9. The molecular weight excluding hydrogens is 801 g/mol. The molecule has 0 N–H and O–H groups in total. The van der Waals surface area contributed by atoms with Crippen molar-refractivity contribution in [1.29, 1.82) is 0 Å². The Labute approximate surface area is 386 Å². The fourth-order valence-electron chi connectivity index (χ4n) is 12.6. The highest BCUT2D eigenvalue weighted by atomic mass is 28.3. The summed E-state index contributed by atoms with van der Waals surface area (Å²) in [4.78, 5) is 5.26. The fourth-order valence-corrected chi connectivity index (χ4v) is 16.6. The Hall–Kier alpha value is -6.68. The predicted octanol–water partition coefficient (Wildman–Crippen LogP) is 15.5. The maximum absolute atomic E-state index is 2.65. The molecule has 0 saturated heterocycles. The van der Waals surface area contributed by atoms with Crippen LogP contribution in [-0.4, -0.2) is 19.7 Å². The van der Waals surface area contributed by atoms with E-state index in [0.29, 0.717) is 11.5 Å². The molecule has 65 heavy (non-hydrogen) atoms. The second-order valence-electron chi connectivity index (χ2n) is 20.3. The number of nitrogens with zero attached hydrogens (tertiary/aromatic N) is 2. The zero-order valence-corrected chi connectivity index (χ0v) is 39.2. The molecule has 2 nitrogen and oxygen atoms in total. The van der Waals surface area contributed by atoms with Crippen molar-refractivity contribution in [1.82, 2.24) is 0 Å². The molecule has 3 aliphatic carbocycles. The molecule has 7 aromatic rings. The Morgan fingerprint density at radius 2 is 1.23 bits per heavy atom. The number of para-hydroxylation sites is 2. The molecule has 0 spiro atoms. The van der Waals surface area contributed by atoms with Gasteiger partial charge in [-0.2, -0.15) is 0 Å². The first kappa shape index (κ1) is 39.9.